The molecule has 0 atom stereocenters. The molecule has 0 amide bonds. The van der Waals surface area contributed by atoms with E-state index in [0.717, 1.165) is 0 Å². The fraction of sp³-hybridized carbons (Fsp3) is 0.500. The van der Waals surface area contributed by atoms with Gasteiger partial charge in [-0.1, -0.05) is 19.6 Å². The normalized spacial score (nSPS) is 8.12. The van der Waals surface area contributed by atoms with Gasteiger partial charge in [-0.15, -0.1) is 0 Å². The molecule has 0 heterocycles. The summed E-state index contributed by atoms with van der Waals surface area (Å²) >= 11 is 0. The van der Waals surface area contributed by atoms with Crippen molar-refractivity contribution in [2.45, 2.75) is 13.3 Å². The average Bonchev–Trinajstić information content (AvgIpc) is 1.83. The lowest BCUT2D eigenvalue weighted by atomic mass is 10.5. The van der Waals surface area contributed by atoms with Crippen LogP contribution in [0.15, 0.2) is 12.7 Å². The van der Waals surface area contributed by atoms with Crippen molar-refractivity contribution >= 4 is 5.97 Å². The number of rotatable bonds is 3. The fourth-order valence-corrected chi connectivity index (χ4v) is 0.254. The molecule has 0 aromatic heterocycles. The summed E-state index contributed by atoms with van der Waals surface area (Å²) in [5, 5.41) is 0. The third kappa shape index (κ3) is 3.40. The van der Waals surface area contributed by atoms with Crippen LogP contribution in [-0.2, 0) is 9.53 Å². The molecule has 0 spiro atoms. The zero-order valence-corrected chi connectivity index (χ0v) is 5.02. The van der Waals surface area contributed by atoms with E-state index in [4.69, 9.17) is 0 Å². The third-order valence-corrected chi connectivity index (χ3v) is 0.651. The zero-order chi connectivity index (χ0) is 6.41. The van der Waals surface area contributed by atoms with E-state index in [1.54, 1.807) is 13.0 Å². The number of carbonyl (C=O) groups is 1. The van der Waals surface area contributed by atoms with Gasteiger partial charge >= 0.3 is 5.97 Å². The highest BCUT2D eigenvalue weighted by atomic mass is 16.5. The summed E-state index contributed by atoms with van der Waals surface area (Å²) in [6.07, 6.45) is 1.99. The van der Waals surface area contributed by atoms with E-state index >= 15 is 0 Å². The van der Waals surface area contributed by atoms with Crippen molar-refractivity contribution in [3.8, 4) is 0 Å². The van der Waals surface area contributed by atoms with Crippen LogP contribution in [0, 0.1) is 0 Å². The molecule has 0 aromatic rings. The maximum atomic E-state index is 10.3. The molecule has 0 aliphatic heterocycles. The number of esters is 1. The van der Waals surface area contributed by atoms with Gasteiger partial charge in [0.05, 0.1) is 0 Å². The van der Waals surface area contributed by atoms with Gasteiger partial charge < -0.3 is 4.74 Å². The van der Waals surface area contributed by atoms with Gasteiger partial charge in [-0.25, -0.2) is 0 Å². The van der Waals surface area contributed by atoms with Gasteiger partial charge in [-0.3, -0.25) is 4.79 Å². The molecule has 0 fully saturated rings. The van der Waals surface area contributed by atoms with Crippen LogP contribution in [0.1, 0.15) is 13.3 Å². The van der Waals surface area contributed by atoms with Crippen LogP contribution in [0.5, 0.6) is 0 Å². The Bertz CT molecular complexity index is 86.5. The molecule has 2 heteroatoms. The second-order valence-corrected chi connectivity index (χ2v) is 1.33. The Labute approximate surface area is 49.1 Å². The Morgan fingerprint density at radius 1 is 1.88 bits per heavy atom. The highest BCUT2D eigenvalue weighted by Gasteiger charge is 1.92. The minimum Gasteiger partial charge on any atom is -0.461 e. The molecule has 0 aliphatic carbocycles. The van der Waals surface area contributed by atoms with Gasteiger partial charge in [0.15, 0.2) is 0 Å². The maximum absolute atomic E-state index is 10.3. The van der Waals surface area contributed by atoms with Crippen LogP contribution in [0.25, 0.3) is 0 Å². The standard InChI is InChI=1S/C6H10O2/c1-3-5-8-6(7)4-2/h3H,1,4-5H2,2H3. The van der Waals surface area contributed by atoms with E-state index in [1.807, 2.05) is 0 Å². The average molecular weight is 114 g/mol. The van der Waals surface area contributed by atoms with Crippen molar-refractivity contribution in [3.05, 3.63) is 12.7 Å². The van der Waals surface area contributed by atoms with Crippen LogP contribution in [0.3, 0.4) is 0 Å². The molecule has 0 rings (SSSR count). The van der Waals surface area contributed by atoms with E-state index in [0.29, 0.717) is 13.0 Å². The number of ether oxygens (including phenoxy) is 1. The van der Waals surface area contributed by atoms with E-state index < -0.39 is 0 Å². The molecule has 0 bridgehead atoms. The Balaban J connectivity index is 3.11. The van der Waals surface area contributed by atoms with Crippen molar-refractivity contribution in [1.82, 2.24) is 0 Å². The monoisotopic (exact) mass is 114 g/mol. The number of carbonyl (C=O) groups excluding carboxylic acids is 1. The molecule has 0 unspecified atom stereocenters. The van der Waals surface area contributed by atoms with Gasteiger partial charge in [0.25, 0.3) is 0 Å². The highest BCUT2D eigenvalue weighted by Crippen LogP contribution is 1.82. The first kappa shape index (κ1) is 7.21. The molecule has 46 valence electrons. The Hall–Kier alpha value is -0.790. The quantitative estimate of drug-likeness (QED) is 0.406. The second-order valence-electron chi connectivity index (χ2n) is 1.33. The molecule has 0 N–H and O–H groups in total. The summed E-state index contributed by atoms with van der Waals surface area (Å²) in [7, 11) is 0. The van der Waals surface area contributed by atoms with Crippen LogP contribution in [0.4, 0.5) is 0 Å². The zero-order valence-electron chi connectivity index (χ0n) is 5.02. The lowest BCUT2D eigenvalue weighted by molar-refractivity contribution is -0.141. The highest BCUT2D eigenvalue weighted by molar-refractivity contribution is 5.68. The molecule has 0 saturated heterocycles. The Morgan fingerprint density at radius 3 is 2.88 bits per heavy atom. The molecule has 0 aromatic carbocycles. The molecule has 2 nitrogen and oxygen atoms in total. The van der Waals surface area contributed by atoms with Crippen LogP contribution >= 0.6 is 0 Å². The maximum Gasteiger partial charge on any atom is 0.305 e. The lowest BCUT2D eigenvalue weighted by Gasteiger charge is -1.94. The van der Waals surface area contributed by atoms with Gasteiger partial charge in [0, 0.05) is 6.42 Å². The van der Waals surface area contributed by atoms with Crippen molar-refractivity contribution in [1.29, 1.82) is 0 Å². The van der Waals surface area contributed by atoms with E-state index in [1.165, 1.54) is 0 Å². The van der Waals surface area contributed by atoms with E-state index in [9.17, 15) is 4.79 Å². The van der Waals surface area contributed by atoms with Crippen LogP contribution in [0.2, 0.25) is 0 Å². The minimum absolute atomic E-state index is 0.176. The van der Waals surface area contributed by atoms with E-state index in [2.05, 4.69) is 11.3 Å². The van der Waals surface area contributed by atoms with Gasteiger partial charge in [-0.2, -0.15) is 0 Å². The van der Waals surface area contributed by atoms with Crippen molar-refractivity contribution < 1.29 is 9.53 Å². The summed E-state index contributed by atoms with van der Waals surface area (Å²) in [5.41, 5.74) is 0. The molecule has 0 aliphatic rings. The number of hydrogen-bond donors (Lipinski definition) is 0. The molecular weight excluding hydrogens is 104 g/mol. The SMILES string of the molecule is C=CCOC(=O)CC. The van der Waals surface area contributed by atoms with Gasteiger partial charge in [0.2, 0.25) is 0 Å². The predicted octanol–water partition coefficient (Wildman–Crippen LogP) is 1.13. The second kappa shape index (κ2) is 4.37. The minimum atomic E-state index is -0.176. The summed E-state index contributed by atoms with van der Waals surface area (Å²) < 4.78 is 4.58. The third-order valence-electron chi connectivity index (χ3n) is 0.651. The smallest absolute Gasteiger partial charge is 0.305 e. The van der Waals surface area contributed by atoms with Gasteiger partial charge in [0.1, 0.15) is 6.61 Å². The summed E-state index contributed by atoms with van der Waals surface area (Å²) in [6, 6.07) is 0. The predicted molar refractivity (Wildman–Crippen MR) is 31.4 cm³/mol. The number of hydrogen-bond acceptors (Lipinski definition) is 2. The summed E-state index contributed by atoms with van der Waals surface area (Å²) in [4.78, 5) is 10.3. The summed E-state index contributed by atoms with van der Waals surface area (Å²) in [6.45, 7) is 5.47. The summed E-state index contributed by atoms with van der Waals surface area (Å²) in [5.74, 6) is -0.176. The van der Waals surface area contributed by atoms with Crippen molar-refractivity contribution in [2.75, 3.05) is 6.61 Å². The molecular formula is C6H10O2. The van der Waals surface area contributed by atoms with Crippen LogP contribution < -0.4 is 0 Å². The van der Waals surface area contributed by atoms with Crippen molar-refractivity contribution in [3.63, 3.8) is 0 Å². The largest absolute Gasteiger partial charge is 0.461 e. The molecule has 8 heavy (non-hydrogen) atoms. The Morgan fingerprint density at radius 2 is 2.50 bits per heavy atom. The lowest BCUT2D eigenvalue weighted by Crippen LogP contribution is -2.00. The first-order valence-corrected chi connectivity index (χ1v) is 2.57. The van der Waals surface area contributed by atoms with Crippen LogP contribution in [-0.4, -0.2) is 12.6 Å². The molecule has 0 saturated carbocycles. The first-order valence-electron chi connectivity index (χ1n) is 2.57. The fourth-order valence-electron chi connectivity index (χ4n) is 0.254. The first-order chi connectivity index (χ1) is 3.81. The Kier molecular flexibility index (Phi) is 3.94. The van der Waals surface area contributed by atoms with Crippen molar-refractivity contribution in [2.24, 2.45) is 0 Å². The topological polar surface area (TPSA) is 26.3 Å². The van der Waals surface area contributed by atoms with Gasteiger partial charge in [-0.05, 0) is 0 Å². The molecule has 0 radical (unpaired) electrons. The van der Waals surface area contributed by atoms with E-state index in [-0.39, 0.29) is 5.97 Å².